The monoisotopic (exact) mass is 1170 g/mol. The smallest absolute Gasteiger partial charge is 0.306 e. The van der Waals surface area contributed by atoms with Crippen molar-refractivity contribution in [2.75, 3.05) is 47.5 Å². The molecule has 0 saturated carbocycles. The number of quaternary nitrogens is 1. The van der Waals surface area contributed by atoms with E-state index in [-0.39, 0.29) is 32.0 Å². The summed E-state index contributed by atoms with van der Waals surface area (Å²) in [6, 6.07) is 0. The highest BCUT2D eigenvalue weighted by Crippen LogP contribution is 2.38. The number of allylic oxidation sites excluding steroid dienone is 10. The number of nitrogens with zero attached hydrogens (tertiary/aromatic N) is 1. The molecule has 0 rings (SSSR count). The second-order valence-electron chi connectivity index (χ2n) is 24.9. The Hall–Kier alpha value is -2.29. The molecule has 2 unspecified atom stereocenters. The van der Waals surface area contributed by atoms with E-state index in [1.807, 2.05) is 21.1 Å². The quantitative estimate of drug-likeness (QED) is 0.0195. The molecule has 0 aliphatic heterocycles. The van der Waals surface area contributed by atoms with Gasteiger partial charge in [-0.05, 0) is 83.5 Å². The number of rotatable bonds is 65. The number of hydrogen-bond donors (Lipinski definition) is 0. The summed E-state index contributed by atoms with van der Waals surface area (Å²) in [5.41, 5.74) is 0. The zero-order chi connectivity index (χ0) is 59.8. The summed E-state index contributed by atoms with van der Waals surface area (Å²) in [6.07, 6.45) is 83.0. The Morgan fingerprint density at radius 1 is 0.378 bits per heavy atom. The van der Waals surface area contributed by atoms with Crippen LogP contribution in [0.15, 0.2) is 60.8 Å². The van der Waals surface area contributed by atoms with Gasteiger partial charge in [-0.25, -0.2) is 0 Å². The molecule has 0 amide bonds. The van der Waals surface area contributed by atoms with Gasteiger partial charge in [-0.3, -0.25) is 14.2 Å². The van der Waals surface area contributed by atoms with Crippen molar-refractivity contribution in [3.63, 3.8) is 0 Å². The molecule has 2 atom stereocenters. The first kappa shape index (κ1) is 79.7. The minimum atomic E-state index is -4.64. The maximum atomic E-state index is 12.9. The van der Waals surface area contributed by atoms with Gasteiger partial charge in [0.2, 0.25) is 0 Å². The Morgan fingerprint density at radius 2 is 0.659 bits per heavy atom. The molecule has 0 aliphatic rings. The number of carbonyl (C=O) groups is 2. The lowest BCUT2D eigenvalue weighted by atomic mass is 10.0. The van der Waals surface area contributed by atoms with E-state index in [0.717, 1.165) is 57.8 Å². The Bertz CT molecular complexity index is 1570. The molecule has 0 fully saturated rings. The van der Waals surface area contributed by atoms with Crippen molar-refractivity contribution < 1.29 is 42.1 Å². The van der Waals surface area contributed by atoms with E-state index in [4.69, 9.17) is 18.5 Å². The molecule has 0 radical (unpaired) electrons. The number of phosphoric ester groups is 1. The Balaban J connectivity index is 4.02. The SMILES string of the molecule is CCCCCCC/C=C\C/C=C\C/C=C\CCCCCCCCCCCCCCCCCCCCC(=O)OC(COC(=O)CCCCCCCCCCCCCCC/C=C\C/C=C\CCCCCCC)COP(=O)([O-])OCC[N+](C)(C)C. The fraction of sp³-hybridized carbons (Fsp3) is 0.833. The maximum absolute atomic E-state index is 12.9. The summed E-state index contributed by atoms with van der Waals surface area (Å²) < 4.78 is 34.3. The number of ether oxygens (including phenoxy) is 2. The first-order chi connectivity index (χ1) is 40.0. The van der Waals surface area contributed by atoms with Crippen LogP contribution in [0.1, 0.15) is 335 Å². The van der Waals surface area contributed by atoms with E-state index in [9.17, 15) is 19.0 Å². The molecule has 0 N–H and O–H groups in total. The zero-order valence-corrected chi connectivity index (χ0v) is 55.6. The van der Waals surface area contributed by atoms with Crippen molar-refractivity contribution in [1.29, 1.82) is 0 Å². The van der Waals surface area contributed by atoms with Crippen LogP contribution < -0.4 is 4.89 Å². The average Bonchev–Trinajstić information content (AvgIpc) is 3.46. The first-order valence-electron chi connectivity index (χ1n) is 35.0. The van der Waals surface area contributed by atoms with Crippen LogP contribution in [0, 0.1) is 0 Å². The van der Waals surface area contributed by atoms with Gasteiger partial charge in [-0.1, -0.05) is 299 Å². The first-order valence-corrected chi connectivity index (χ1v) is 36.5. The molecule has 82 heavy (non-hydrogen) atoms. The van der Waals surface area contributed by atoms with E-state index >= 15 is 0 Å². The lowest BCUT2D eigenvalue weighted by Crippen LogP contribution is -2.37. The molecule has 0 heterocycles. The van der Waals surface area contributed by atoms with E-state index < -0.39 is 26.5 Å². The highest BCUT2D eigenvalue weighted by molar-refractivity contribution is 7.45. The Kier molecular flexibility index (Phi) is 61.5. The van der Waals surface area contributed by atoms with Crippen LogP contribution in [-0.4, -0.2) is 70.0 Å². The summed E-state index contributed by atoms with van der Waals surface area (Å²) in [6.45, 7) is 4.27. The summed E-state index contributed by atoms with van der Waals surface area (Å²) in [5, 5.41) is 0. The highest BCUT2D eigenvalue weighted by atomic mass is 31.2. The van der Waals surface area contributed by atoms with Crippen LogP contribution in [0.3, 0.4) is 0 Å². The fourth-order valence-corrected chi connectivity index (χ4v) is 10.8. The van der Waals surface area contributed by atoms with E-state index in [2.05, 4.69) is 74.6 Å². The lowest BCUT2D eigenvalue weighted by Gasteiger charge is -2.28. The number of esters is 2. The van der Waals surface area contributed by atoms with Gasteiger partial charge in [0.15, 0.2) is 6.10 Å². The molecule has 0 spiro atoms. The normalized spacial score (nSPS) is 13.5. The zero-order valence-electron chi connectivity index (χ0n) is 54.7. The second kappa shape index (κ2) is 63.2. The molecular formula is C72H134NO8P. The third kappa shape index (κ3) is 66.8. The molecule has 0 aromatic rings. The minimum Gasteiger partial charge on any atom is -0.756 e. The Morgan fingerprint density at radius 3 is 0.976 bits per heavy atom. The Labute approximate surface area is 508 Å². The fourth-order valence-electron chi connectivity index (χ4n) is 10.1. The minimum absolute atomic E-state index is 0.0304. The predicted octanol–water partition coefficient (Wildman–Crippen LogP) is 22.0. The molecule has 0 aromatic heterocycles. The average molecular weight is 1170 g/mol. The van der Waals surface area contributed by atoms with Gasteiger partial charge >= 0.3 is 11.9 Å². The maximum Gasteiger partial charge on any atom is 0.306 e. The molecule has 0 aromatic carbocycles. The van der Waals surface area contributed by atoms with Crippen molar-refractivity contribution in [2.24, 2.45) is 0 Å². The molecule has 10 heteroatoms. The molecule has 0 saturated heterocycles. The van der Waals surface area contributed by atoms with E-state index in [0.29, 0.717) is 17.4 Å². The summed E-state index contributed by atoms with van der Waals surface area (Å²) in [4.78, 5) is 38.1. The van der Waals surface area contributed by atoms with Crippen molar-refractivity contribution in [3.8, 4) is 0 Å². The summed E-state index contributed by atoms with van der Waals surface area (Å²) in [7, 11) is 1.18. The van der Waals surface area contributed by atoms with E-state index in [1.165, 1.54) is 244 Å². The van der Waals surface area contributed by atoms with Crippen LogP contribution >= 0.6 is 7.82 Å². The summed E-state index contributed by atoms with van der Waals surface area (Å²) in [5.74, 6) is -0.820. The topological polar surface area (TPSA) is 111 Å². The van der Waals surface area contributed by atoms with Crippen molar-refractivity contribution in [1.82, 2.24) is 0 Å². The molecular weight excluding hydrogens is 1040 g/mol. The van der Waals surface area contributed by atoms with Crippen LogP contribution in [0.4, 0.5) is 0 Å². The second-order valence-corrected chi connectivity index (χ2v) is 26.3. The van der Waals surface area contributed by atoms with Gasteiger partial charge in [-0.2, -0.15) is 0 Å². The predicted molar refractivity (Wildman–Crippen MR) is 351 cm³/mol. The van der Waals surface area contributed by atoms with Gasteiger partial charge < -0.3 is 27.9 Å². The molecule has 480 valence electrons. The number of phosphoric acid groups is 1. The van der Waals surface area contributed by atoms with Crippen LogP contribution in [0.25, 0.3) is 0 Å². The molecule has 9 nitrogen and oxygen atoms in total. The van der Waals surface area contributed by atoms with Crippen LogP contribution in [0.2, 0.25) is 0 Å². The van der Waals surface area contributed by atoms with Gasteiger partial charge in [0.05, 0.1) is 27.7 Å². The van der Waals surface area contributed by atoms with Crippen LogP contribution in [-0.2, 0) is 32.7 Å². The van der Waals surface area contributed by atoms with Gasteiger partial charge in [0, 0.05) is 12.8 Å². The third-order valence-electron chi connectivity index (χ3n) is 15.5. The van der Waals surface area contributed by atoms with Gasteiger partial charge in [0.25, 0.3) is 7.82 Å². The number of likely N-dealkylation sites (N-methyl/N-ethyl adjacent to an activating group) is 1. The number of hydrogen-bond acceptors (Lipinski definition) is 8. The number of carbonyl (C=O) groups excluding carboxylic acids is 2. The van der Waals surface area contributed by atoms with Crippen LogP contribution in [0.5, 0.6) is 0 Å². The highest BCUT2D eigenvalue weighted by Gasteiger charge is 2.22. The molecule has 0 aliphatic carbocycles. The largest absolute Gasteiger partial charge is 0.756 e. The third-order valence-corrected chi connectivity index (χ3v) is 16.5. The standard InChI is InChI=1S/C72H134NO8P/c1-6-8-10-12-14-16-18-20-22-24-26-28-30-32-33-34-35-36-37-38-39-41-43-45-47-49-51-53-55-57-59-61-63-65-72(75)81-70(69-80-82(76,77)79-67-66-73(3,4)5)68-78-71(74)64-62-60-58-56-54-52-50-48-46-44-42-40-31-29-27-25-23-21-19-17-15-13-11-9-7-2/h18-21,24-27,30,32,70H,6-17,22-23,28-29,31,33-69H2,1-5H3/b20-18-,21-19-,26-24-,27-25-,32-30-. The van der Waals surface area contributed by atoms with Crippen molar-refractivity contribution in [2.45, 2.75) is 341 Å². The molecule has 0 bridgehead atoms. The van der Waals surface area contributed by atoms with Gasteiger partial charge in [0.1, 0.15) is 19.8 Å². The number of unbranched alkanes of at least 4 members (excludes halogenated alkanes) is 41. The van der Waals surface area contributed by atoms with Gasteiger partial charge in [-0.15, -0.1) is 0 Å². The summed E-state index contributed by atoms with van der Waals surface area (Å²) >= 11 is 0. The van der Waals surface area contributed by atoms with Crippen molar-refractivity contribution in [3.05, 3.63) is 60.8 Å². The lowest BCUT2D eigenvalue weighted by molar-refractivity contribution is -0.870. The van der Waals surface area contributed by atoms with Crippen molar-refractivity contribution >= 4 is 19.8 Å². The van der Waals surface area contributed by atoms with E-state index in [1.54, 1.807) is 0 Å².